The van der Waals surface area contributed by atoms with Gasteiger partial charge in [-0.3, -0.25) is 0 Å². The number of sulfonamides is 1. The average Bonchev–Trinajstić information content (AvgIpc) is 3.24. The highest BCUT2D eigenvalue weighted by molar-refractivity contribution is 7.89. The molecule has 1 heterocycles. The van der Waals surface area contributed by atoms with E-state index in [0.717, 1.165) is 12.8 Å². The van der Waals surface area contributed by atoms with Crippen LogP contribution in [0.15, 0.2) is 41.3 Å². The number of ether oxygens (including phenoxy) is 2. The number of carbonyl (C=O) groups excluding carboxylic acids is 1. The summed E-state index contributed by atoms with van der Waals surface area (Å²) in [6, 6.07) is 10.2. The summed E-state index contributed by atoms with van der Waals surface area (Å²) in [6.45, 7) is 0.903. The van der Waals surface area contributed by atoms with Crippen LogP contribution < -0.4 is 9.47 Å². The number of rotatable bonds is 5. The van der Waals surface area contributed by atoms with E-state index in [4.69, 9.17) is 26.3 Å². The molecule has 0 amide bonds. The molecule has 0 N–H and O–H groups in total. The summed E-state index contributed by atoms with van der Waals surface area (Å²) >= 11 is 6.10. The zero-order chi connectivity index (χ0) is 20.3. The van der Waals surface area contributed by atoms with Crippen molar-refractivity contribution in [3.63, 3.8) is 0 Å². The number of halogens is 1. The molecule has 0 radical (unpaired) electrons. The lowest BCUT2D eigenvalue weighted by Crippen LogP contribution is -2.28. The average molecular weight is 421 g/mol. The Morgan fingerprint density at radius 1 is 1.14 bits per heavy atom. The number of methoxy groups -OCH3 is 1. The Morgan fingerprint density at radius 2 is 1.86 bits per heavy atom. The Morgan fingerprint density at radius 3 is 2.50 bits per heavy atom. The maximum atomic E-state index is 12.7. The van der Waals surface area contributed by atoms with Gasteiger partial charge >= 0.3 is 5.97 Å². The summed E-state index contributed by atoms with van der Waals surface area (Å²) in [5.41, 5.74) is 0.265. The first-order valence-corrected chi connectivity index (χ1v) is 10.3. The smallest absolute Gasteiger partial charge is 0.345 e. The van der Waals surface area contributed by atoms with Crippen LogP contribution in [-0.2, 0) is 10.0 Å². The lowest BCUT2D eigenvalue weighted by molar-refractivity contribution is 0.0729. The quantitative estimate of drug-likeness (QED) is 0.544. The minimum absolute atomic E-state index is 0.0162. The van der Waals surface area contributed by atoms with E-state index in [1.807, 2.05) is 6.07 Å². The molecule has 2 aromatic carbocycles. The molecular formula is C19H17ClN2O5S. The van der Waals surface area contributed by atoms with Gasteiger partial charge in [-0.2, -0.15) is 9.57 Å². The second-order valence-corrected chi connectivity index (χ2v) is 8.46. The van der Waals surface area contributed by atoms with Crippen LogP contribution in [-0.4, -0.2) is 38.9 Å². The van der Waals surface area contributed by atoms with Gasteiger partial charge in [0.25, 0.3) is 0 Å². The lowest BCUT2D eigenvalue weighted by Gasteiger charge is -2.16. The van der Waals surface area contributed by atoms with Crippen LogP contribution in [0.2, 0.25) is 5.02 Å². The molecule has 146 valence electrons. The van der Waals surface area contributed by atoms with Gasteiger partial charge in [-0.25, -0.2) is 13.2 Å². The van der Waals surface area contributed by atoms with Crippen molar-refractivity contribution in [2.45, 2.75) is 17.7 Å². The van der Waals surface area contributed by atoms with Crippen molar-refractivity contribution in [1.82, 2.24) is 4.31 Å². The highest BCUT2D eigenvalue weighted by Crippen LogP contribution is 2.30. The molecule has 1 fully saturated rings. The Labute approximate surface area is 168 Å². The van der Waals surface area contributed by atoms with Gasteiger partial charge in [0, 0.05) is 19.2 Å². The SMILES string of the molecule is COc1cc(C#N)ccc1OC(=O)c1cc(S(=O)(=O)N2CCCC2)ccc1Cl. The maximum Gasteiger partial charge on any atom is 0.345 e. The van der Waals surface area contributed by atoms with Crippen molar-refractivity contribution in [2.75, 3.05) is 20.2 Å². The molecule has 2 aromatic rings. The fourth-order valence-corrected chi connectivity index (χ4v) is 4.61. The Hall–Kier alpha value is -2.60. The highest BCUT2D eigenvalue weighted by Gasteiger charge is 2.28. The summed E-state index contributed by atoms with van der Waals surface area (Å²) in [6.07, 6.45) is 1.61. The van der Waals surface area contributed by atoms with Gasteiger partial charge in [0.15, 0.2) is 11.5 Å². The normalized spacial score (nSPS) is 14.5. The fourth-order valence-electron chi connectivity index (χ4n) is 2.88. The van der Waals surface area contributed by atoms with Gasteiger partial charge in [0.1, 0.15) is 0 Å². The molecule has 28 heavy (non-hydrogen) atoms. The van der Waals surface area contributed by atoms with Gasteiger partial charge in [-0.1, -0.05) is 11.6 Å². The number of nitriles is 1. The Bertz CT molecular complexity index is 1060. The Kier molecular flexibility index (Phi) is 5.89. The van der Waals surface area contributed by atoms with Crippen LogP contribution in [0.1, 0.15) is 28.8 Å². The monoisotopic (exact) mass is 420 g/mol. The van der Waals surface area contributed by atoms with E-state index in [1.54, 1.807) is 0 Å². The maximum absolute atomic E-state index is 12.7. The largest absolute Gasteiger partial charge is 0.493 e. The highest BCUT2D eigenvalue weighted by atomic mass is 35.5. The minimum atomic E-state index is -3.70. The molecule has 0 spiro atoms. The third-order valence-electron chi connectivity index (χ3n) is 4.36. The van der Waals surface area contributed by atoms with Crippen molar-refractivity contribution >= 4 is 27.6 Å². The minimum Gasteiger partial charge on any atom is -0.493 e. The van der Waals surface area contributed by atoms with Crippen LogP contribution >= 0.6 is 11.6 Å². The van der Waals surface area contributed by atoms with E-state index in [-0.39, 0.29) is 27.0 Å². The summed E-state index contributed by atoms with van der Waals surface area (Å²) in [5.74, 6) is -0.536. The Balaban J connectivity index is 1.91. The third kappa shape index (κ3) is 3.97. The molecule has 3 rings (SSSR count). The van der Waals surface area contributed by atoms with Gasteiger partial charge in [-0.05, 0) is 43.2 Å². The van der Waals surface area contributed by atoms with Crippen molar-refractivity contribution in [3.8, 4) is 17.6 Å². The molecule has 0 bridgehead atoms. The molecule has 0 saturated carbocycles. The number of benzene rings is 2. The van der Waals surface area contributed by atoms with Crippen LogP contribution in [0.3, 0.4) is 0 Å². The number of hydrogen-bond acceptors (Lipinski definition) is 6. The molecule has 0 aromatic heterocycles. The second kappa shape index (κ2) is 8.19. The van der Waals surface area contributed by atoms with Crippen molar-refractivity contribution in [1.29, 1.82) is 5.26 Å². The fraction of sp³-hybridized carbons (Fsp3) is 0.263. The number of carbonyl (C=O) groups is 1. The van der Waals surface area contributed by atoms with Crippen LogP contribution in [0.4, 0.5) is 0 Å². The van der Waals surface area contributed by atoms with Crippen molar-refractivity contribution < 1.29 is 22.7 Å². The number of esters is 1. The molecule has 0 unspecified atom stereocenters. The van der Waals surface area contributed by atoms with Crippen LogP contribution in [0.25, 0.3) is 0 Å². The molecule has 7 nitrogen and oxygen atoms in total. The first-order valence-electron chi connectivity index (χ1n) is 8.47. The van der Waals surface area contributed by atoms with E-state index in [0.29, 0.717) is 18.7 Å². The van der Waals surface area contributed by atoms with Crippen LogP contribution in [0, 0.1) is 11.3 Å². The first-order chi connectivity index (χ1) is 13.4. The molecular weight excluding hydrogens is 404 g/mol. The topological polar surface area (TPSA) is 96.7 Å². The van der Waals surface area contributed by atoms with E-state index >= 15 is 0 Å². The van der Waals surface area contributed by atoms with Gasteiger partial charge in [-0.15, -0.1) is 0 Å². The molecule has 1 aliphatic heterocycles. The summed E-state index contributed by atoms with van der Waals surface area (Å²) in [7, 11) is -2.32. The summed E-state index contributed by atoms with van der Waals surface area (Å²) in [4.78, 5) is 12.6. The van der Waals surface area contributed by atoms with Crippen molar-refractivity contribution in [2.24, 2.45) is 0 Å². The van der Waals surface area contributed by atoms with E-state index < -0.39 is 16.0 Å². The third-order valence-corrected chi connectivity index (χ3v) is 6.58. The summed E-state index contributed by atoms with van der Waals surface area (Å²) < 4.78 is 37.3. The lowest BCUT2D eigenvalue weighted by atomic mass is 10.2. The number of hydrogen-bond donors (Lipinski definition) is 0. The van der Waals surface area contributed by atoms with Crippen molar-refractivity contribution in [3.05, 3.63) is 52.5 Å². The first kappa shape index (κ1) is 20.1. The predicted molar refractivity (Wildman–Crippen MR) is 102 cm³/mol. The molecule has 1 saturated heterocycles. The molecule has 0 aliphatic carbocycles. The van der Waals surface area contributed by atoms with Crippen LogP contribution in [0.5, 0.6) is 11.5 Å². The zero-order valence-corrected chi connectivity index (χ0v) is 16.6. The van der Waals surface area contributed by atoms with Gasteiger partial charge < -0.3 is 9.47 Å². The van der Waals surface area contributed by atoms with Gasteiger partial charge in [0.05, 0.1) is 34.2 Å². The zero-order valence-electron chi connectivity index (χ0n) is 15.0. The van der Waals surface area contributed by atoms with E-state index in [9.17, 15) is 13.2 Å². The predicted octanol–water partition coefficient (Wildman–Crippen LogP) is 3.22. The van der Waals surface area contributed by atoms with Gasteiger partial charge in [0.2, 0.25) is 10.0 Å². The van der Waals surface area contributed by atoms with E-state index in [2.05, 4.69) is 0 Å². The molecule has 0 atom stereocenters. The molecule has 9 heteroatoms. The summed E-state index contributed by atoms with van der Waals surface area (Å²) in [5, 5.41) is 9.02. The second-order valence-electron chi connectivity index (χ2n) is 6.12. The number of nitrogens with zero attached hydrogens (tertiary/aromatic N) is 2. The molecule has 1 aliphatic rings. The van der Waals surface area contributed by atoms with E-state index in [1.165, 1.54) is 47.8 Å². The standard InChI is InChI=1S/C19H17ClN2O5S/c1-26-18-10-13(12-21)4-7-17(18)27-19(23)15-11-14(5-6-16(15)20)28(24,25)22-8-2-3-9-22/h4-7,10-11H,2-3,8-9H2,1H3.